The Balaban J connectivity index is 1.69. The predicted molar refractivity (Wildman–Crippen MR) is 88.4 cm³/mol. The van der Waals surface area contributed by atoms with E-state index >= 15 is 0 Å². The summed E-state index contributed by atoms with van der Waals surface area (Å²) < 4.78 is 28.6. The Morgan fingerprint density at radius 3 is 2.57 bits per heavy atom. The highest BCUT2D eigenvalue weighted by molar-refractivity contribution is 6.01. The fourth-order valence-electron chi connectivity index (χ4n) is 4.19. The van der Waals surface area contributed by atoms with Crippen LogP contribution >= 0.6 is 0 Å². The van der Waals surface area contributed by atoms with E-state index in [0.717, 1.165) is 18.8 Å². The Bertz CT molecular complexity index is 562. The number of Topliss-reactive ketones (excluding diaryl/α,β-unsaturated/α-hetero) is 1. The van der Waals surface area contributed by atoms with E-state index in [0.29, 0.717) is 29.9 Å². The second kappa shape index (κ2) is 7.11. The van der Waals surface area contributed by atoms with Crippen LogP contribution in [0.2, 0.25) is 0 Å². The van der Waals surface area contributed by atoms with E-state index in [1.165, 1.54) is 32.1 Å². The molecule has 0 N–H and O–H groups in total. The minimum absolute atomic E-state index is 0.0318. The lowest BCUT2D eigenvalue weighted by atomic mass is 9.78. The fourth-order valence-corrected chi connectivity index (χ4v) is 4.19. The van der Waals surface area contributed by atoms with Crippen molar-refractivity contribution in [3.63, 3.8) is 0 Å². The molecule has 0 heterocycles. The topological polar surface area (TPSA) is 17.1 Å². The van der Waals surface area contributed by atoms with Crippen LogP contribution in [-0.2, 0) is 4.79 Å². The van der Waals surface area contributed by atoms with Gasteiger partial charge in [-0.3, -0.25) is 4.79 Å². The van der Waals surface area contributed by atoms with Crippen molar-refractivity contribution in [1.29, 1.82) is 0 Å². The van der Waals surface area contributed by atoms with Crippen LogP contribution in [0.15, 0.2) is 34.7 Å². The molecule has 0 aliphatic heterocycles. The van der Waals surface area contributed by atoms with E-state index in [4.69, 9.17) is 0 Å². The molecule has 126 valence electrons. The number of ketones is 1. The third-order valence-corrected chi connectivity index (χ3v) is 5.78. The molecular weight excluding hydrogens is 294 g/mol. The van der Waals surface area contributed by atoms with Gasteiger partial charge in [0.15, 0.2) is 12.0 Å². The molecule has 0 aromatic rings. The molecule has 0 aromatic carbocycles. The third-order valence-electron chi connectivity index (χ3n) is 5.78. The number of rotatable bonds is 3. The van der Waals surface area contributed by atoms with Gasteiger partial charge in [-0.1, -0.05) is 38.3 Å². The first-order chi connectivity index (χ1) is 11.1. The van der Waals surface area contributed by atoms with Crippen LogP contribution in [-0.4, -0.2) is 12.0 Å². The molecule has 2 saturated carbocycles. The molecule has 0 spiro atoms. The van der Waals surface area contributed by atoms with Crippen molar-refractivity contribution in [2.24, 2.45) is 11.8 Å². The number of halogens is 2. The Morgan fingerprint density at radius 2 is 1.87 bits per heavy atom. The van der Waals surface area contributed by atoms with Crippen LogP contribution < -0.4 is 0 Å². The summed E-state index contributed by atoms with van der Waals surface area (Å²) >= 11 is 0. The summed E-state index contributed by atoms with van der Waals surface area (Å²) in [6.45, 7) is 2.24. The Hall–Kier alpha value is -1.25. The summed E-state index contributed by atoms with van der Waals surface area (Å²) in [5, 5.41) is 0. The van der Waals surface area contributed by atoms with Gasteiger partial charge in [0.05, 0.1) is 5.57 Å². The second-order valence-electron chi connectivity index (χ2n) is 7.27. The minimum Gasteiger partial charge on any atom is -0.294 e. The molecule has 0 saturated heterocycles. The molecule has 3 rings (SSSR count). The van der Waals surface area contributed by atoms with Crippen molar-refractivity contribution in [2.75, 3.05) is 0 Å². The van der Waals surface area contributed by atoms with Crippen LogP contribution in [0.5, 0.6) is 0 Å². The molecule has 0 radical (unpaired) electrons. The van der Waals surface area contributed by atoms with Gasteiger partial charge in [0.25, 0.3) is 0 Å². The van der Waals surface area contributed by atoms with Crippen molar-refractivity contribution in [2.45, 2.75) is 70.9 Å². The van der Waals surface area contributed by atoms with Gasteiger partial charge in [0.2, 0.25) is 0 Å². The Kier molecular flexibility index (Phi) is 5.13. The number of allylic oxidation sites excluding steroid dienone is 6. The van der Waals surface area contributed by atoms with Crippen molar-refractivity contribution in [3.8, 4) is 0 Å². The average molecular weight is 320 g/mol. The van der Waals surface area contributed by atoms with Crippen LogP contribution in [0.25, 0.3) is 0 Å². The maximum atomic E-state index is 14.4. The number of hydrogen-bond donors (Lipinski definition) is 0. The van der Waals surface area contributed by atoms with Gasteiger partial charge in [0, 0.05) is 6.42 Å². The maximum absolute atomic E-state index is 14.4. The number of carbonyl (C=O) groups is 1. The molecule has 0 aromatic heterocycles. The second-order valence-corrected chi connectivity index (χ2v) is 7.27. The van der Waals surface area contributed by atoms with Gasteiger partial charge in [-0.15, -0.1) is 0 Å². The van der Waals surface area contributed by atoms with Crippen LogP contribution in [0.1, 0.15) is 64.7 Å². The number of fused-ring (bicyclic) bond motifs is 1. The van der Waals surface area contributed by atoms with Gasteiger partial charge in [0.1, 0.15) is 5.83 Å². The maximum Gasteiger partial charge on any atom is 0.177 e. The summed E-state index contributed by atoms with van der Waals surface area (Å²) in [7, 11) is 0. The molecule has 2 fully saturated rings. The molecule has 1 unspecified atom stereocenters. The highest BCUT2D eigenvalue weighted by Crippen LogP contribution is 2.39. The molecule has 1 nitrogen and oxygen atoms in total. The Morgan fingerprint density at radius 1 is 1.17 bits per heavy atom. The summed E-state index contributed by atoms with van der Waals surface area (Å²) in [4.78, 5) is 11.8. The first kappa shape index (κ1) is 16.6. The van der Waals surface area contributed by atoms with E-state index in [1.807, 2.05) is 6.08 Å². The van der Waals surface area contributed by atoms with Gasteiger partial charge in [-0.05, 0) is 55.1 Å². The Labute approximate surface area is 137 Å². The summed E-state index contributed by atoms with van der Waals surface area (Å²) in [6, 6.07) is 0. The lowest BCUT2D eigenvalue weighted by Crippen LogP contribution is -2.22. The fraction of sp³-hybridized carbons (Fsp3) is 0.650. The molecule has 3 aliphatic carbocycles. The zero-order valence-corrected chi connectivity index (χ0v) is 13.9. The molecule has 0 amide bonds. The van der Waals surface area contributed by atoms with Gasteiger partial charge >= 0.3 is 0 Å². The summed E-state index contributed by atoms with van der Waals surface area (Å²) in [5.41, 5.74) is 1.16. The lowest BCUT2D eigenvalue weighted by molar-refractivity contribution is -0.116. The van der Waals surface area contributed by atoms with Crippen LogP contribution in [0.4, 0.5) is 8.78 Å². The normalized spacial score (nSPS) is 33.7. The SMILES string of the molecule is CCC1CCC(C/C=C2\C=C3CCCC(=O)C3=C(F)C2F)CC1. The highest BCUT2D eigenvalue weighted by atomic mass is 19.2. The summed E-state index contributed by atoms with van der Waals surface area (Å²) in [6.07, 6.45) is 10.6. The minimum atomic E-state index is -1.75. The van der Waals surface area contributed by atoms with E-state index in [2.05, 4.69) is 6.92 Å². The molecular formula is C20H26F2O. The van der Waals surface area contributed by atoms with Crippen LogP contribution in [0.3, 0.4) is 0 Å². The molecule has 23 heavy (non-hydrogen) atoms. The van der Waals surface area contributed by atoms with Crippen molar-refractivity contribution < 1.29 is 13.6 Å². The zero-order chi connectivity index (χ0) is 16.4. The first-order valence-corrected chi connectivity index (χ1v) is 9.08. The zero-order valence-electron chi connectivity index (χ0n) is 13.9. The summed E-state index contributed by atoms with van der Waals surface area (Å²) in [5.74, 6) is 0.353. The highest BCUT2D eigenvalue weighted by Gasteiger charge is 2.33. The van der Waals surface area contributed by atoms with Gasteiger partial charge < -0.3 is 0 Å². The van der Waals surface area contributed by atoms with E-state index in [9.17, 15) is 13.6 Å². The van der Waals surface area contributed by atoms with E-state index in [-0.39, 0.29) is 11.4 Å². The molecule has 3 aliphatic rings. The largest absolute Gasteiger partial charge is 0.294 e. The lowest BCUT2D eigenvalue weighted by Gasteiger charge is -2.28. The standard InChI is InChI=1S/C20H26F2O/c1-2-13-6-8-14(9-7-13)10-11-16-12-15-4-3-5-17(23)18(15)20(22)19(16)21/h11-14,19H,2-10H2,1H3/b16-11+. The van der Waals surface area contributed by atoms with Crippen molar-refractivity contribution in [1.82, 2.24) is 0 Å². The predicted octanol–water partition coefficient (Wildman–Crippen LogP) is 5.77. The number of carbonyl (C=O) groups excluding carboxylic acids is 1. The molecule has 3 heteroatoms. The number of alkyl halides is 1. The van der Waals surface area contributed by atoms with Crippen molar-refractivity contribution >= 4 is 5.78 Å². The van der Waals surface area contributed by atoms with Gasteiger partial charge in [-0.25, -0.2) is 8.78 Å². The van der Waals surface area contributed by atoms with E-state index < -0.39 is 12.0 Å². The van der Waals surface area contributed by atoms with Gasteiger partial charge in [-0.2, -0.15) is 0 Å². The third kappa shape index (κ3) is 3.49. The molecule has 1 atom stereocenters. The quantitative estimate of drug-likeness (QED) is 0.645. The molecule has 0 bridgehead atoms. The van der Waals surface area contributed by atoms with E-state index in [1.54, 1.807) is 6.08 Å². The average Bonchev–Trinajstić information content (AvgIpc) is 2.57. The smallest absolute Gasteiger partial charge is 0.177 e. The number of hydrogen-bond acceptors (Lipinski definition) is 1. The monoisotopic (exact) mass is 320 g/mol. The first-order valence-electron chi connectivity index (χ1n) is 9.08. The van der Waals surface area contributed by atoms with Crippen molar-refractivity contribution in [3.05, 3.63) is 34.7 Å². The van der Waals surface area contributed by atoms with Crippen LogP contribution in [0, 0.1) is 11.8 Å².